The summed E-state index contributed by atoms with van der Waals surface area (Å²) in [5.74, 6) is 0.870. The fraction of sp³-hybridized carbons (Fsp3) is 0.353. The number of benzene rings is 1. The summed E-state index contributed by atoms with van der Waals surface area (Å²) in [6.07, 6.45) is 2.39. The maximum Gasteiger partial charge on any atom is 0.131 e. The zero-order chi connectivity index (χ0) is 14.5. The lowest BCUT2D eigenvalue weighted by atomic mass is 10.0. The van der Waals surface area contributed by atoms with Gasteiger partial charge in [-0.05, 0) is 37.1 Å². The van der Waals surface area contributed by atoms with Gasteiger partial charge in [-0.15, -0.1) is 0 Å². The highest BCUT2D eigenvalue weighted by Crippen LogP contribution is 2.18. The fourth-order valence-electron chi connectivity index (χ4n) is 2.86. The Morgan fingerprint density at radius 2 is 2.00 bits per heavy atom. The van der Waals surface area contributed by atoms with E-state index >= 15 is 0 Å². The molecular formula is C17H20ClN3. The lowest BCUT2D eigenvalue weighted by Gasteiger charge is -2.33. The van der Waals surface area contributed by atoms with Crippen LogP contribution in [0.25, 0.3) is 0 Å². The first kappa shape index (κ1) is 14.4. The maximum absolute atomic E-state index is 5.94. The monoisotopic (exact) mass is 301 g/mol. The lowest BCUT2D eigenvalue weighted by molar-refractivity contribution is 0.208. The smallest absolute Gasteiger partial charge is 0.131 e. The van der Waals surface area contributed by atoms with Crippen molar-refractivity contribution >= 4 is 17.4 Å². The molecule has 1 saturated heterocycles. The molecule has 0 aliphatic carbocycles. The van der Waals surface area contributed by atoms with Gasteiger partial charge in [0.05, 0.1) is 0 Å². The van der Waals surface area contributed by atoms with Crippen molar-refractivity contribution in [1.82, 2.24) is 9.88 Å². The van der Waals surface area contributed by atoms with E-state index in [1.54, 1.807) is 6.07 Å². The van der Waals surface area contributed by atoms with Crippen LogP contribution in [0.1, 0.15) is 18.4 Å². The van der Waals surface area contributed by atoms with Crippen molar-refractivity contribution in [3.8, 4) is 0 Å². The Hall–Kier alpha value is -1.58. The summed E-state index contributed by atoms with van der Waals surface area (Å²) in [6, 6.07) is 16.8. The lowest BCUT2D eigenvalue weighted by Crippen LogP contribution is -2.41. The summed E-state index contributed by atoms with van der Waals surface area (Å²) in [5.41, 5.74) is 1.37. The van der Waals surface area contributed by atoms with Gasteiger partial charge in [-0.1, -0.05) is 48.0 Å². The molecule has 3 nitrogen and oxygen atoms in total. The van der Waals surface area contributed by atoms with Crippen molar-refractivity contribution in [1.29, 1.82) is 0 Å². The number of nitrogens with zero attached hydrogens (tertiary/aromatic N) is 2. The van der Waals surface area contributed by atoms with E-state index in [2.05, 4.69) is 45.5 Å². The van der Waals surface area contributed by atoms with E-state index in [1.165, 1.54) is 18.4 Å². The number of nitrogens with one attached hydrogen (secondary N) is 1. The van der Waals surface area contributed by atoms with Crippen molar-refractivity contribution < 1.29 is 0 Å². The van der Waals surface area contributed by atoms with E-state index in [4.69, 9.17) is 11.6 Å². The van der Waals surface area contributed by atoms with E-state index in [1.807, 2.05) is 12.1 Å². The van der Waals surface area contributed by atoms with Gasteiger partial charge in [-0.25, -0.2) is 4.98 Å². The summed E-state index contributed by atoms with van der Waals surface area (Å²) < 4.78 is 0. The van der Waals surface area contributed by atoms with Gasteiger partial charge in [0, 0.05) is 19.1 Å². The number of pyridine rings is 1. The molecule has 1 aliphatic heterocycles. The number of hydrogen-bond donors (Lipinski definition) is 1. The molecule has 0 bridgehead atoms. The number of aromatic nitrogens is 1. The standard InChI is InChI=1S/C17H20ClN3/c18-16-9-4-10-17(20-16)19-15-8-5-11-21(13-15)12-14-6-2-1-3-7-14/h1-4,6-7,9-10,15H,5,8,11-13H2,(H,19,20). The van der Waals surface area contributed by atoms with Crippen molar-refractivity contribution in [3.05, 3.63) is 59.2 Å². The van der Waals surface area contributed by atoms with E-state index < -0.39 is 0 Å². The number of hydrogen-bond acceptors (Lipinski definition) is 3. The molecule has 0 radical (unpaired) electrons. The second-order valence-electron chi connectivity index (χ2n) is 5.55. The van der Waals surface area contributed by atoms with Crippen LogP contribution in [0.3, 0.4) is 0 Å². The molecule has 2 aromatic rings. The van der Waals surface area contributed by atoms with E-state index in [0.717, 1.165) is 25.5 Å². The molecule has 1 aromatic carbocycles. The van der Waals surface area contributed by atoms with Crippen LogP contribution in [0.5, 0.6) is 0 Å². The number of halogens is 1. The van der Waals surface area contributed by atoms with Crippen LogP contribution in [0.2, 0.25) is 5.15 Å². The van der Waals surface area contributed by atoms with E-state index in [-0.39, 0.29) is 0 Å². The molecule has 1 N–H and O–H groups in total. The van der Waals surface area contributed by atoms with E-state index in [9.17, 15) is 0 Å². The first-order valence-electron chi connectivity index (χ1n) is 7.45. The first-order valence-corrected chi connectivity index (χ1v) is 7.83. The quantitative estimate of drug-likeness (QED) is 0.870. The van der Waals surface area contributed by atoms with Crippen LogP contribution >= 0.6 is 11.6 Å². The molecule has 0 spiro atoms. The Kier molecular flexibility index (Phi) is 4.73. The topological polar surface area (TPSA) is 28.2 Å². The van der Waals surface area contributed by atoms with Crippen LogP contribution in [0.4, 0.5) is 5.82 Å². The molecule has 3 rings (SSSR count). The molecule has 21 heavy (non-hydrogen) atoms. The van der Waals surface area contributed by atoms with Gasteiger partial charge in [-0.2, -0.15) is 0 Å². The molecular weight excluding hydrogens is 282 g/mol. The van der Waals surface area contributed by atoms with Crippen LogP contribution < -0.4 is 5.32 Å². The molecule has 0 saturated carbocycles. The van der Waals surface area contributed by atoms with Gasteiger partial charge < -0.3 is 5.32 Å². The van der Waals surface area contributed by atoms with Crippen LogP contribution in [0, 0.1) is 0 Å². The molecule has 1 aromatic heterocycles. The van der Waals surface area contributed by atoms with Gasteiger partial charge in [-0.3, -0.25) is 4.90 Å². The molecule has 0 amide bonds. The SMILES string of the molecule is Clc1cccc(NC2CCCN(Cc3ccccc3)C2)n1. The first-order chi connectivity index (χ1) is 10.3. The Balaban J connectivity index is 1.58. The van der Waals surface area contributed by atoms with E-state index in [0.29, 0.717) is 11.2 Å². The minimum Gasteiger partial charge on any atom is -0.366 e. The highest BCUT2D eigenvalue weighted by Gasteiger charge is 2.20. The number of piperidine rings is 1. The molecule has 2 heterocycles. The molecule has 1 fully saturated rings. The van der Waals surface area contributed by atoms with Crippen molar-refractivity contribution in [2.75, 3.05) is 18.4 Å². The highest BCUT2D eigenvalue weighted by atomic mass is 35.5. The summed E-state index contributed by atoms with van der Waals surface area (Å²) in [7, 11) is 0. The van der Waals surface area contributed by atoms with Gasteiger partial charge in [0.1, 0.15) is 11.0 Å². The second kappa shape index (κ2) is 6.92. The number of likely N-dealkylation sites (tertiary alicyclic amines) is 1. The molecule has 110 valence electrons. The van der Waals surface area contributed by atoms with Gasteiger partial charge in [0.15, 0.2) is 0 Å². The average molecular weight is 302 g/mol. The minimum atomic E-state index is 0.438. The summed E-state index contributed by atoms with van der Waals surface area (Å²) in [4.78, 5) is 6.81. The maximum atomic E-state index is 5.94. The zero-order valence-electron chi connectivity index (χ0n) is 12.0. The predicted molar refractivity (Wildman–Crippen MR) is 87.6 cm³/mol. The third-order valence-corrected chi connectivity index (χ3v) is 4.03. The van der Waals surface area contributed by atoms with Crippen LogP contribution in [0.15, 0.2) is 48.5 Å². The fourth-order valence-corrected chi connectivity index (χ4v) is 3.02. The highest BCUT2D eigenvalue weighted by molar-refractivity contribution is 6.29. The number of anilines is 1. The third kappa shape index (κ3) is 4.19. The minimum absolute atomic E-state index is 0.438. The van der Waals surface area contributed by atoms with Crippen LogP contribution in [-0.2, 0) is 6.54 Å². The molecule has 4 heteroatoms. The van der Waals surface area contributed by atoms with Gasteiger partial charge in [0.25, 0.3) is 0 Å². The Morgan fingerprint density at radius 3 is 2.81 bits per heavy atom. The third-order valence-electron chi connectivity index (χ3n) is 3.82. The predicted octanol–water partition coefficient (Wildman–Crippen LogP) is 3.81. The van der Waals surface area contributed by atoms with Crippen molar-refractivity contribution in [3.63, 3.8) is 0 Å². The average Bonchev–Trinajstić information content (AvgIpc) is 2.49. The molecule has 1 unspecified atom stereocenters. The molecule has 1 atom stereocenters. The summed E-state index contributed by atoms with van der Waals surface area (Å²) in [5, 5.41) is 4.04. The Bertz CT molecular complexity index is 573. The number of rotatable bonds is 4. The summed E-state index contributed by atoms with van der Waals surface area (Å²) in [6.45, 7) is 3.22. The summed E-state index contributed by atoms with van der Waals surface area (Å²) >= 11 is 5.94. The van der Waals surface area contributed by atoms with Gasteiger partial charge >= 0.3 is 0 Å². The molecule has 1 aliphatic rings. The van der Waals surface area contributed by atoms with Crippen molar-refractivity contribution in [2.24, 2.45) is 0 Å². The van der Waals surface area contributed by atoms with Crippen LogP contribution in [-0.4, -0.2) is 29.0 Å². The Morgan fingerprint density at radius 1 is 1.14 bits per heavy atom. The second-order valence-corrected chi connectivity index (χ2v) is 5.94. The Labute approximate surface area is 131 Å². The largest absolute Gasteiger partial charge is 0.366 e. The van der Waals surface area contributed by atoms with Crippen molar-refractivity contribution in [2.45, 2.75) is 25.4 Å². The van der Waals surface area contributed by atoms with Gasteiger partial charge in [0.2, 0.25) is 0 Å². The zero-order valence-corrected chi connectivity index (χ0v) is 12.8. The normalized spacial score (nSPS) is 19.4.